The SMILES string of the molecule is CCOC1CC(NC2CC2C)C1(C)C. The van der Waals surface area contributed by atoms with Crippen LogP contribution in [0.25, 0.3) is 0 Å². The monoisotopic (exact) mass is 197 g/mol. The Labute approximate surface area is 87.4 Å². The third-order valence-electron chi connectivity index (χ3n) is 4.07. The summed E-state index contributed by atoms with van der Waals surface area (Å²) in [6, 6.07) is 1.47. The van der Waals surface area contributed by atoms with Crippen molar-refractivity contribution in [3.63, 3.8) is 0 Å². The van der Waals surface area contributed by atoms with Crippen LogP contribution in [-0.4, -0.2) is 24.8 Å². The summed E-state index contributed by atoms with van der Waals surface area (Å²) in [5.74, 6) is 0.900. The molecule has 2 heteroatoms. The van der Waals surface area contributed by atoms with Crippen LogP contribution in [-0.2, 0) is 4.74 Å². The Morgan fingerprint density at radius 1 is 1.36 bits per heavy atom. The highest BCUT2D eigenvalue weighted by molar-refractivity contribution is 5.06. The topological polar surface area (TPSA) is 21.3 Å². The molecule has 0 spiro atoms. The van der Waals surface area contributed by atoms with E-state index in [2.05, 4.69) is 33.0 Å². The van der Waals surface area contributed by atoms with Gasteiger partial charge in [-0.15, -0.1) is 0 Å². The highest BCUT2D eigenvalue weighted by Gasteiger charge is 2.51. The Hall–Kier alpha value is -0.0800. The van der Waals surface area contributed by atoms with Crippen molar-refractivity contribution in [2.75, 3.05) is 6.61 Å². The largest absolute Gasteiger partial charge is 0.378 e. The van der Waals surface area contributed by atoms with E-state index in [1.807, 2.05) is 0 Å². The quantitative estimate of drug-likeness (QED) is 0.746. The van der Waals surface area contributed by atoms with Crippen LogP contribution in [0.5, 0.6) is 0 Å². The van der Waals surface area contributed by atoms with E-state index >= 15 is 0 Å². The molecule has 14 heavy (non-hydrogen) atoms. The number of ether oxygens (including phenoxy) is 1. The third kappa shape index (κ3) is 1.70. The van der Waals surface area contributed by atoms with Crippen LogP contribution >= 0.6 is 0 Å². The molecule has 0 aromatic carbocycles. The molecule has 0 bridgehead atoms. The van der Waals surface area contributed by atoms with Crippen LogP contribution in [0.1, 0.15) is 40.5 Å². The van der Waals surface area contributed by atoms with E-state index in [0.717, 1.165) is 18.6 Å². The van der Waals surface area contributed by atoms with Crippen molar-refractivity contribution in [2.45, 2.75) is 58.7 Å². The highest BCUT2D eigenvalue weighted by atomic mass is 16.5. The minimum atomic E-state index is 0.332. The molecule has 1 N–H and O–H groups in total. The molecule has 0 aliphatic heterocycles. The van der Waals surface area contributed by atoms with Gasteiger partial charge in [-0.25, -0.2) is 0 Å². The van der Waals surface area contributed by atoms with Crippen LogP contribution in [0.15, 0.2) is 0 Å². The first-order chi connectivity index (χ1) is 6.55. The maximum Gasteiger partial charge on any atom is 0.0655 e. The molecule has 0 aromatic heterocycles. The van der Waals surface area contributed by atoms with Gasteiger partial charge in [-0.2, -0.15) is 0 Å². The Balaban J connectivity index is 1.80. The fourth-order valence-corrected chi connectivity index (χ4v) is 2.46. The maximum absolute atomic E-state index is 5.71. The summed E-state index contributed by atoms with van der Waals surface area (Å²) >= 11 is 0. The fraction of sp³-hybridized carbons (Fsp3) is 1.00. The Morgan fingerprint density at radius 2 is 2.00 bits per heavy atom. The molecule has 82 valence electrons. The summed E-state index contributed by atoms with van der Waals surface area (Å²) < 4.78 is 5.71. The summed E-state index contributed by atoms with van der Waals surface area (Å²) in [7, 11) is 0. The van der Waals surface area contributed by atoms with Gasteiger partial charge in [0.25, 0.3) is 0 Å². The Morgan fingerprint density at radius 3 is 2.43 bits per heavy atom. The van der Waals surface area contributed by atoms with Gasteiger partial charge in [0.05, 0.1) is 6.10 Å². The smallest absolute Gasteiger partial charge is 0.0655 e. The normalized spacial score (nSPS) is 44.6. The van der Waals surface area contributed by atoms with E-state index in [4.69, 9.17) is 4.74 Å². The summed E-state index contributed by atoms with van der Waals surface area (Å²) in [6.45, 7) is 9.90. The van der Waals surface area contributed by atoms with E-state index < -0.39 is 0 Å². The van der Waals surface area contributed by atoms with E-state index in [0.29, 0.717) is 17.6 Å². The van der Waals surface area contributed by atoms with Gasteiger partial charge in [-0.1, -0.05) is 20.8 Å². The van der Waals surface area contributed by atoms with Crippen molar-refractivity contribution in [1.82, 2.24) is 5.32 Å². The summed E-state index contributed by atoms with van der Waals surface area (Å²) in [5.41, 5.74) is 0.332. The van der Waals surface area contributed by atoms with Crippen molar-refractivity contribution >= 4 is 0 Å². The van der Waals surface area contributed by atoms with Crippen LogP contribution in [0.2, 0.25) is 0 Å². The van der Waals surface area contributed by atoms with Crippen molar-refractivity contribution in [1.29, 1.82) is 0 Å². The average Bonchev–Trinajstić information content (AvgIpc) is 2.80. The van der Waals surface area contributed by atoms with Crippen molar-refractivity contribution < 1.29 is 4.74 Å². The van der Waals surface area contributed by atoms with Crippen LogP contribution in [0, 0.1) is 11.3 Å². The zero-order valence-electron chi connectivity index (χ0n) is 9.84. The van der Waals surface area contributed by atoms with Gasteiger partial charge in [0.15, 0.2) is 0 Å². The predicted octanol–water partition coefficient (Wildman–Crippen LogP) is 2.19. The molecule has 0 aromatic rings. The van der Waals surface area contributed by atoms with Crippen molar-refractivity contribution in [2.24, 2.45) is 11.3 Å². The molecule has 0 saturated heterocycles. The summed E-state index contributed by atoms with van der Waals surface area (Å²) in [5, 5.41) is 3.74. The molecule has 2 fully saturated rings. The van der Waals surface area contributed by atoms with Gasteiger partial charge < -0.3 is 10.1 Å². The van der Waals surface area contributed by atoms with Crippen LogP contribution < -0.4 is 5.32 Å². The predicted molar refractivity (Wildman–Crippen MR) is 58.3 cm³/mol. The van der Waals surface area contributed by atoms with E-state index in [1.165, 1.54) is 12.8 Å². The average molecular weight is 197 g/mol. The number of hydrogen-bond acceptors (Lipinski definition) is 2. The zero-order valence-corrected chi connectivity index (χ0v) is 9.84. The second-order valence-corrected chi connectivity index (χ2v) is 5.54. The first kappa shape index (κ1) is 10.4. The maximum atomic E-state index is 5.71. The van der Waals surface area contributed by atoms with Gasteiger partial charge in [0.1, 0.15) is 0 Å². The molecule has 0 radical (unpaired) electrons. The molecule has 2 nitrogen and oxygen atoms in total. The lowest BCUT2D eigenvalue weighted by Crippen LogP contribution is -2.61. The Kier molecular flexibility index (Phi) is 2.61. The van der Waals surface area contributed by atoms with Gasteiger partial charge in [-0.05, 0) is 25.7 Å². The van der Waals surface area contributed by atoms with Gasteiger partial charge in [0, 0.05) is 24.1 Å². The van der Waals surface area contributed by atoms with Crippen LogP contribution in [0.3, 0.4) is 0 Å². The standard InChI is InChI=1S/C12H23NO/c1-5-14-11-7-10(12(11,3)4)13-9-6-8(9)2/h8-11,13H,5-7H2,1-4H3. The molecule has 2 saturated carbocycles. The zero-order chi connectivity index (χ0) is 10.3. The molecule has 0 heterocycles. The molecular formula is C12H23NO. The molecule has 4 atom stereocenters. The molecule has 2 rings (SSSR count). The van der Waals surface area contributed by atoms with E-state index in [-0.39, 0.29) is 0 Å². The van der Waals surface area contributed by atoms with E-state index in [1.54, 1.807) is 0 Å². The first-order valence-corrected chi connectivity index (χ1v) is 5.93. The number of nitrogens with one attached hydrogen (secondary N) is 1. The van der Waals surface area contributed by atoms with Gasteiger partial charge in [-0.3, -0.25) is 0 Å². The van der Waals surface area contributed by atoms with Crippen LogP contribution in [0.4, 0.5) is 0 Å². The molecular weight excluding hydrogens is 174 g/mol. The lowest BCUT2D eigenvalue weighted by Gasteiger charge is -2.52. The third-order valence-corrected chi connectivity index (χ3v) is 4.07. The first-order valence-electron chi connectivity index (χ1n) is 5.93. The number of hydrogen-bond donors (Lipinski definition) is 1. The van der Waals surface area contributed by atoms with Crippen molar-refractivity contribution in [3.05, 3.63) is 0 Å². The van der Waals surface area contributed by atoms with E-state index in [9.17, 15) is 0 Å². The minimum absolute atomic E-state index is 0.332. The molecule has 2 aliphatic rings. The fourth-order valence-electron chi connectivity index (χ4n) is 2.46. The lowest BCUT2D eigenvalue weighted by atomic mass is 9.64. The van der Waals surface area contributed by atoms with Gasteiger partial charge in [0.2, 0.25) is 0 Å². The second kappa shape index (κ2) is 3.49. The molecule has 2 aliphatic carbocycles. The minimum Gasteiger partial charge on any atom is -0.378 e. The van der Waals surface area contributed by atoms with Crippen molar-refractivity contribution in [3.8, 4) is 0 Å². The summed E-state index contributed by atoms with van der Waals surface area (Å²) in [4.78, 5) is 0. The summed E-state index contributed by atoms with van der Waals surface area (Å²) in [6.07, 6.45) is 3.04. The molecule has 4 unspecified atom stereocenters. The Bertz CT molecular complexity index is 214. The highest BCUT2D eigenvalue weighted by Crippen LogP contribution is 2.44. The van der Waals surface area contributed by atoms with Gasteiger partial charge >= 0.3 is 0 Å². The molecule has 0 amide bonds. The second-order valence-electron chi connectivity index (χ2n) is 5.54. The number of rotatable bonds is 4. The lowest BCUT2D eigenvalue weighted by molar-refractivity contribution is -0.114.